The quantitative estimate of drug-likeness (QED) is 0.214. The molecular formula is C24H26N6O4. The molecule has 1 atom stereocenters. The molecule has 3 rings (SSSR count). The fourth-order valence-corrected chi connectivity index (χ4v) is 3.29. The molecule has 0 saturated heterocycles. The predicted molar refractivity (Wildman–Crippen MR) is 128 cm³/mol. The Morgan fingerprint density at radius 2 is 1.88 bits per heavy atom. The molecule has 1 aromatic heterocycles. The van der Waals surface area contributed by atoms with Gasteiger partial charge in [-0.2, -0.15) is 0 Å². The molecule has 0 aliphatic rings. The Morgan fingerprint density at radius 1 is 1.09 bits per heavy atom. The van der Waals surface area contributed by atoms with Gasteiger partial charge in [-0.05, 0) is 42.8 Å². The summed E-state index contributed by atoms with van der Waals surface area (Å²) >= 11 is 0. The highest BCUT2D eigenvalue weighted by Gasteiger charge is 2.20. The number of carbonyl (C=O) groups excluding carboxylic acids is 3. The Hall–Kier alpha value is -4.47. The number of nitrogens with two attached hydrogens (primary N) is 2. The first-order valence-corrected chi connectivity index (χ1v) is 10.6. The molecule has 0 aliphatic heterocycles. The average molecular weight is 463 g/mol. The maximum Gasteiger partial charge on any atom is 0.308 e. The summed E-state index contributed by atoms with van der Waals surface area (Å²) in [6, 6.07) is 15.0. The number of nitrogens with one attached hydrogen (secondary N) is 2. The molecule has 1 heterocycles. The van der Waals surface area contributed by atoms with E-state index in [1.54, 1.807) is 31.3 Å². The molecule has 0 aliphatic carbocycles. The third kappa shape index (κ3) is 6.76. The van der Waals surface area contributed by atoms with Crippen LogP contribution in [0.3, 0.4) is 0 Å². The van der Waals surface area contributed by atoms with Crippen LogP contribution in [-0.2, 0) is 14.3 Å². The van der Waals surface area contributed by atoms with Gasteiger partial charge in [0.1, 0.15) is 0 Å². The molecule has 0 radical (unpaired) electrons. The van der Waals surface area contributed by atoms with Crippen molar-refractivity contribution >= 4 is 40.3 Å². The minimum absolute atomic E-state index is 0.0753. The molecule has 0 bridgehead atoms. The van der Waals surface area contributed by atoms with Gasteiger partial charge in [0.05, 0.1) is 36.8 Å². The third-order valence-corrected chi connectivity index (χ3v) is 4.80. The average Bonchev–Trinajstić information content (AvgIpc) is 2.81. The van der Waals surface area contributed by atoms with E-state index >= 15 is 0 Å². The molecule has 6 N–H and O–H groups in total. The van der Waals surface area contributed by atoms with Crippen LogP contribution < -0.4 is 22.1 Å². The SMILES string of the molecule is CCOC(=O)CC(NC(=O)CNC(=O)c1cccc(N=C(N)N)c1)c1cnc2ccccc2c1. The van der Waals surface area contributed by atoms with Gasteiger partial charge in [0, 0.05) is 17.1 Å². The summed E-state index contributed by atoms with van der Waals surface area (Å²) in [6.07, 6.45) is 1.54. The fourth-order valence-electron chi connectivity index (χ4n) is 3.29. The second-order valence-corrected chi connectivity index (χ2v) is 7.36. The largest absolute Gasteiger partial charge is 0.466 e. The Morgan fingerprint density at radius 3 is 2.65 bits per heavy atom. The van der Waals surface area contributed by atoms with Gasteiger partial charge in [-0.15, -0.1) is 0 Å². The molecule has 1 unspecified atom stereocenters. The van der Waals surface area contributed by atoms with Crippen molar-refractivity contribution in [3.05, 3.63) is 71.9 Å². The summed E-state index contributed by atoms with van der Waals surface area (Å²) < 4.78 is 5.05. The number of pyridine rings is 1. The number of hydrogen-bond acceptors (Lipinski definition) is 6. The zero-order chi connectivity index (χ0) is 24.5. The molecule has 2 aromatic carbocycles. The van der Waals surface area contributed by atoms with Crippen molar-refractivity contribution in [2.75, 3.05) is 13.2 Å². The van der Waals surface area contributed by atoms with E-state index in [2.05, 4.69) is 20.6 Å². The maximum atomic E-state index is 12.6. The highest BCUT2D eigenvalue weighted by Crippen LogP contribution is 2.21. The molecule has 0 saturated carbocycles. The van der Waals surface area contributed by atoms with Crippen molar-refractivity contribution in [2.45, 2.75) is 19.4 Å². The summed E-state index contributed by atoms with van der Waals surface area (Å²) in [5.74, 6) is -1.54. The first-order valence-electron chi connectivity index (χ1n) is 10.6. The lowest BCUT2D eigenvalue weighted by Crippen LogP contribution is -2.39. The Balaban J connectivity index is 1.69. The Labute approximate surface area is 196 Å². The van der Waals surface area contributed by atoms with Crippen LogP contribution in [0.1, 0.15) is 35.3 Å². The molecule has 0 fully saturated rings. The summed E-state index contributed by atoms with van der Waals surface area (Å²) in [6.45, 7) is 1.64. The Bertz CT molecular complexity index is 1220. The monoisotopic (exact) mass is 462 g/mol. The van der Waals surface area contributed by atoms with Gasteiger partial charge in [0.25, 0.3) is 5.91 Å². The number of benzene rings is 2. The number of para-hydroxylation sites is 1. The standard InChI is InChI=1S/C24H26N6O4/c1-2-34-22(32)12-20(17-10-15-6-3-4-9-19(15)27-13-17)30-21(31)14-28-23(33)16-7-5-8-18(11-16)29-24(25)26/h3-11,13,20H,2,12,14H2,1H3,(H,28,33)(H,30,31)(H4,25,26,29). The number of aliphatic imine (C=N–C) groups is 1. The molecule has 176 valence electrons. The van der Waals surface area contributed by atoms with Crippen molar-refractivity contribution in [1.82, 2.24) is 15.6 Å². The van der Waals surface area contributed by atoms with Gasteiger partial charge >= 0.3 is 5.97 Å². The summed E-state index contributed by atoms with van der Waals surface area (Å²) in [5.41, 5.74) is 12.9. The van der Waals surface area contributed by atoms with Crippen molar-refractivity contribution in [3.8, 4) is 0 Å². The number of aromatic nitrogens is 1. The van der Waals surface area contributed by atoms with Crippen LogP contribution in [0.2, 0.25) is 0 Å². The smallest absolute Gasteiger partial charge is 0.308 e. The van der Waals surface area contributed by atoms with Crippen LogP contribution in [0.5, 0.6) is 0 Å². The van der Waals surface area contributed by atoms with E-state index < -0.39 is 23.8 Å². The van der Waals surface area contributed by atoms with Crippen molar-refractivity contribution in [1.29, 1.82) is 0 Å². The maximum absolute atomic E-state index is 12.6. The Kier molecular flexibility index (Phi) is 8.11. The van der Waals surface area contributed by atoms with Crippen LogP contribution in [0.25, 0.3) is 10.9 Å². The highest BCUT2D eigenvalue weighted by molar-refractivity contribution is 5.97. The third-order valence-electron chi connectivity index (χ3n) is 4.80. The van der Waals surface area contributed by atoms with Crippen LogP contribution in [-0.4, -0.2) is 41.9 Å². The van der Waals surface area contributed by atoms with E-state index in [1.165, 1.54) is 6.07 Å². The summed E-state index contributed by atoms with van der Waals surface area (Å²) in [7, 11) is 0. The second kappa shape index (κ2) is 11.4. The van der Waals surface area contributed by atoms with Crippen LogP contribution in [0.4, 0.5) is 5.69 Å². The molecular weight excluding hydrogens is 436 g/mol. The minimum atomic E-state index is -0.675. The van der Waals surface area contributed by atoms with Crippen molar-refractivity contribution in [3.63, 3.8) is 0 Å². The number of amides is 2. The summed E-state index contributed by atoms with van der Waals surface area (Å²) in [5, 5.41) is 6.20. The molecule has 10 nitrogen and oxygen atoms in total. The van der Waals surface area contributed by atoms with E-state index in [-0.39, 0.29) is 31.1 Å². The lowest BCUT2D eigenvalue weighted by atomic mass is 10.0. The van der Waals surface area contributed by atoms with E-state index in [9.17, 15) is 14.4 Å². The van der Waals surface area contributed by atoms with Crippen LogP contribution in [0, 0.1) is 0 Å². The van der Waals surface area contributed by atoms with E-state index in [4.69, 9.17) is 16.2 Å². The van der Waals surface area contributed by atoms with Gasteiger partial charge in [0.15, 0.2) is 5.96 Å². The zero-order valence-electron chi connectivity index (χ0n) is 18.7. The van der Waals surface area contributed by atoms with Crippen molar-refractivity contribution in [2.24, 2.45) is 16.5 Å². The second-order valence-electron chi connectivity index (χ2n) is 7.36. The fraction of sp³-hybridized carbons (Fsp3) is 0.208. The van der Waals surface area contributed by atoms with Gasteiger partial charge in [-0.25, -0.2) is 4.99 Å². The normalized spacial score (nSPS) is 11.3. The molecule has 10 heteroatoms. The van der Waals surface area contributed by atoms with Crippen LogP contribution >= 0.6 is 0 Å². The number of hydrogen-bond donors (Lipinski definition) is 4. The van der Waals surface area contributed by atoms with Gasteiger partial charge in [-0.3, -0.25) is 19.4 Å². The number of ether oxygens (including phenoxy) is 1. The zero-order valence-corrected chi connectivity index (χ0v) is 18.7. The van der Waals surface area contributed by atoms with Crippen molar-refractivity contribution < 1.29 is 19.1 Å². The number of nitrogens with zero attached hydrogens (tertiary/aromatic N) is 2. The van der Waals surface area contributed by atoms with E-state index in [0.717, 1.165) is 10.9 Å². The topological polar surface area (TPSA) is 162 Å². The minimum Gasteiger partial charge on any atom is -0.466 e. The van der Waals surface area contributed by atoms with Gasteiger partial charge in [-0.1, -0.05) is 24.3 Å². The number of guanidine groups is 1. The van der Waals surface area contributed by atoms with Gasteiger partial charge < -0.3 is 26.8 Å². The number of fused-ring (bicyclic) bond motifs is 1. The first kappa shape index (κ1) is 24.2. The van der Waals surface area contributed by atoms with E-state index in [1.807, 2.05) is 30.3 Å². The molecule has 34 heavy (non-hydrogen) atoms. The lowest BCUT2D eigenvalue weighted by Gasteiger charge is -2.19. The van der Waals surface area contributed by atoms with Crippen LogP contribution in [0.15, 0.2) is 65.8 Å². The number of rotatable bonds is 9. The number of carbonyl (C=O) groups is 3. The molecule has 2 amide bonds. The lowest BCUT2D eigenvalue weighted by molar-refractivity contribution is -0.143. The van der Waals surface area contributed by atoms with E-state index in [0.29, 0.717) is 11.3 Å². The molecule has 0 spiro atoms. The first-order chi connectivity index (χ1) is 16.4. The summed E-state index contributed by atoms with van der Waals surface area (Å²) in [4.78, 5) is 45.5. The number of esters is 1. The van der Waals surface area contributed by atoms with Gasteiger partial charge in [0.2, 0.25) is 5.91 Å². The highest BCUT2D eigenvalue weighted by atomic mass is 16.5. The predicted octanol–water partition coefficient (Wildman–Crippen LogP) is 1.68. The molecule has 3 aromatic rings.